The quantitative estimate of drug-likeness (QED) is 0.403. The second-order valence-electron chi connectivity index (χ2n) is 8.97. The second kappa shape index (κ2) is 8.20. The lowest BCUT2D eigenvalue weighted by Gasteiger charge is -2.20. The van der Waals surface area contributed by atoms with Crippen LogP contribution in [-0.4, -0.2) is 45.6 Å². The molecule has 5 aromatic rings. The molecular formula is C28H26N4O3. The van der Waals surface area contributed by atoms with E-state index < -0.39 is 0 Å². The predicted molar refractivity (Wildman–Crippen MR) is 136 cm³/mol. The number of carbonyl (C=O) groups is 1. The zero-order chi connectivity index (χ0) is 24.1. The van der Waals surface area contributed by atoms with Crippen LogP contribution in [0, 0.1) is 6.92 Å². The highest BCUT2D eigenvalue weighted by atomic mass is 16.5. The number of imidazole rings is 1. The lowest BCUT2D eigenvalue weighted by molar-refractivity contribution is 0.0724. The molecule has 176 valence electrons. The Morgan fingerprint density at radius 3 is 2.74 bits per heavy atom. The number of hydrogen-bond donors (Lipinski definition) is 1. The first-order valence-corrected chi connectivity index (χ1v) is 11.7. The van der Waals surface area contributed by atoms with Crippen LogP contribution in [-0.2, 0) is 13.6 Å². The van der Waals surface area contributed by atoms with E-state index in [-0.39, 0.29) is 5.91 Å². The number of aromatic amines is 1. The van der Waals surface area contributed by atoms with Crippen molar-refractivity contribution in [2.75, 3.05) is 20.3 Å². The Morgan fingerprint density at radius 2 is 1.89 bits per heavy atom. The van der Waals surface area contributed by atoms with Crippen LogP contribution >= 0.6 is 0 Å². The van der Waals surface area contributed by atoms with Crippen LogP contribution < -0.4 is 9.47 Å². The van der Waals surface area contributed by atoms with Crippen molar-refractivity contribution in [3.8, 4) is 22.6 Å². The van der Waals surface area contributed by atoms with Crippen LogP contribution in [0.15, 0.2) is 60.7 Å². The maximum absolute atomic E-state index is 13.6. The van der Waals surface area contributed by atoms with Gasteiger partial charge in [0.2, 0.25) is 0 Å². The molecule has 0 aliphatic carbocycles. The molecule has 1 aliphatic rings. The monoisotopic (exact) mass is 466 g/mol. The van der Waals surface area contributed by atoms with E-state index in [1.807, 2.05) is 59.8 Å². The fourth-order valence-corrected chi connectivity index (χ4v) is 4.89. The molecule has 0 saturated heterocycles. The fraction of sp³-hybridized carbons (Fsp3) is 0.214. The van der Waals surface area contributed by atoms with Gasteiger partial charge in [-0.05, 0) is 66.6 Å². The van der Waals surface area contributed by atoms with Crippen molar-refractivity contribution in [1.82, 2.24) is 19.4 Å². The maximum Gasteiger partial charge on any atom is 0.270 e. The minimum Gasteiger partial charge on any atom is -0.497 e. The number of nitrogens with zero attached hydrogens (tertiary/aromatic N) is 3. The smallest absolute Gasteiger partial charge is 0.270 e. The van der Waals surface area contributed by atoms with E-state index in [1.165, 1.54) is 0 Å². The van der Waals surface area contributed by atoms with Gasteiger partial charge in [0.05, 0.1) is 24.7 Å². The maximum atomic E-state index is 13.6. The Kier molecular flexibility index (Phi) is 4.99. The number of benzene rings is 3. The summed E-state index contributed by atoms with van der Waals surface area (Å²) in [6, 6.07) is 20.2. The van der Waals surface area contributed by atoms with Crippen molar-refractivity contribution in [2.45, 2.75) is 13.5 Å². The van der Waals surface area contributed by atoms with Crippen LogP contribution in [0.3, 0.4) is 0 Å². The van der Waals surface area contributed by atoms with Gasteiger partial charge in [0.1, 0.15) is 29.6 Å². The molecule has 2 aromatic heterocycles. The molecule has 1 amide bonds. The Labute approximate surface area is 202 Å². The molecule has 0 spiro atoms. The molecule has 0 fully saturated rings. The fourth-order valence-electron chi connectivity index (χ4n) is 4.89. The normalized spacial score (nSPS) is 13.5. The molecule has 0 unspecified atom stereocenters. The summed E-state index contributed by atoms with van der Waals surface area (Å²) in [7, 11) is 3.57. The van der Waals surface area contributed by atoms with Crippen molar-refractivity contribution in [3.05, 3.63) is 77.7 Å². The number of fused-ring (bicyclic) bond motifs is 3. The summed E-state index contributed by atoms with van der Waals surface area (Å²) < 4.78 is 13.3. The van der Waals surface area contributed by atoms with Crippen LogP contribution in [0.4, 0.5) is 0 Å². The summed E-state index contributed by atoms with van der Waals surface area (Å²) in [4.78, 5) is 23.3. The molecule has 0 radical (unpaired) electrons. The molecule has 1 aliphatic heterocycles. The van der Waals surface area contributed by atoms with Crippen molar-refractivity contribution in [1.29, 1.82) is 0 Å². The number of nitrogens with one attached hydrogen (secondary N) is 1. The van der Waals surface area contributed by atoms with Crippen LogP contribution in [0.2, 0.25) is 0 Å². The van der Waals surface area contributed by atoms with Gasteiger partial charge in [-0.3, -0.25) is 4.79 Å². The first-order chi connectivity index (χ1) is 17.0. The molecule has 1 N–H and O–H groups in total. The minimum atomic E-state index is -0.0149. The van der Waals surface area contributed by atoms with E-state index in [1.54, 1.807) is 7.11 Å². The SMILES string of the molecule is COc1ccc2c(c1)cc(C(=O)N1CCOc3ccc(-c4ccc5nc(C)[nH]c5c4)cc3C1)n2C. The number of amides is 1. The topological polar surface area (TPSA) is 72.4 Å². The number of hydrogen-bond acceptors (Lipinski definition) is 4. The standard InChI is InChI=1S/C28H26N4O3/c1-17-29-23-7-4-19(14-24(23)30-17)18-5-9-27-21(12-18)16-32(10-11-35-27)28(33)26-15-20-13-22(34-3)6-8-25(20)31(26)2/h4-9,12-15H,10-11,16H2,1-3H3,(H,29,30). The Bertz CT molecular complexity index is 1600. The molecule has 0 bridgehead atoms. The Morgan fingerprint density at radius 1 is 1.06 bits per heavy atom. The van der Waals surface area contributed by atoms with Gasteiger partial charge in [-0.15, -0.1) is 0 Å². The molecule has 0 atom stereocenters. The third kappa shape index (κ3) is 3.69. The highest BCUT2D eigenvalue weighted by Gasteiger charge is 2.24. The first-order valence-electron chi connectivity index (χ1n) is 11.7. The lowest BCUT2D eigenvalue weighted by atomic mass is 10.0. The highest BCUT2D eigenvalue weighted by Crippen LogP contribution is 2.32. The van der Waals surface area contributed by atoms with Crippen molar-refractivity contribution >= 4 is 27.8 Å². The summed E-state index contributed by atoms with van der Waals surface area (Å²) in [6.45, 7) is 3.41. The zero-order valence-corrected chi connectivity index (χ0v) is 20.0. The van der Waals surface area contributed by atoms with Crippen molar-refractivity contribution in [2.24, 2.45) is 7.05 Å². The van der Waals surface area contributed by atoms with E-state index in [9.17, 15) is 4.79 Å². The number of aromatic nitrogens is 3. The molecule has 6 rings (SSSR count). The van der Waals surface area contributed by atoms with Crippen LogP contribution in [0.1, 0.15) is 21.9 Å². The highest BCUT2D eigenvalue weighted by molar-refractivity contribution is 5.99. The predicted octanol–water partition coefficient (Wildman–Crippen LogP) is 5.07. The van der Waals surface area contributed by atoms with Gasteiger partial charge in [0.15, 0.2) is 0 Å². The number of rotatable bonds is 3. The molecular weight excluding hydrogens is 440 g/mol. The van der Waals surface area contributed by atoms with Gasteiger partial charge in [-0.2, -0.15) is 0 Å². The van der Waals surface area contributed by atoms with E-state index in [4.69, 9.17) is 9.47 Å². The molecule has 0 saturated carbocycles. The number of carbonyl (C=O) groups excluding carboxylic acids is 1. The van der Waals surface area contributed by atoms with E-state index in [0.717, 1.165) is 56.0 Å². The summed E-state index contributed by atoms with van der Waals surface area (Å²) in [5.74, 6) is 2.48. The van der Waals surface area contributed by atoms with Crippen molar-refractivity contribution < 1.29 is 14.3 Å². The molecule has 7 nitrogen and oxygen atoms in total. The number of methoxy groups -OCH3 is 1. The number of H-pyrrole nitrogens is 1. The number of ether oxygens (including phenoxy) is 2. The third-order valence-corrected chi connectivity index (χ3v) is 6.73. The van der Waals surface area contributed by atoms with Gasteiger partial charge in [0, 0.05) is 30.1 Å². The number of aryl methyl sites for hydroxylation is 2. The Balaban J connectivity index is 1.33. The van der Waals surface area contributed by atoms with Gasteiger partial charge in [-0.25, -0.2) is 4.98 Å². The molecule has 3 aromatic carbocycles. The zero-order valence-electron chi connectivity index (χ0n) is 20.0. The summed E-state index contributed by atoms with van der Waals surface area (Å²) in [6.07, 6.45) is 0. The molecule has 35 heavy (non-hydrogen) atoms. The minimum absolute atomic E-state index is 0.0149. The first kappa shape index (κ1) is 21.3. The summed E-state index contributed by atoms with van der Waals surface area (Å²) in [5.41, 5.74) is 6.76. The van der Waals surface area contributed by atoms with E-state index in [2.05, 4.69) is 34.2 Å². The van der Waals surface area contributed by atoms with E-state index >= 15 is 0 Å². The average molecular weight is 467 g/mol. The summed E-state index contributed by atoms with van der Waals surface area (Å²) in [5, 5.41) is 0.980. The Hall–Kier alpha value is -4.26. The second-order valence-corrected chi connectivity index (χ2v) is 8.97. The van der Waals surface area contributed by atoms with Crippen LogP contribution in [0.5, 0.6) is 11.5 Å². The van der Waals surface area contributed by atoms with Crippen molar-refractivity contribution in [3.63, 3.8) is 0 Å². The van der Waals surface area contributed by atoms with Gasteiger partial charge in [0.25, 0.3) is 5.91 Å². The van der Waals surface area contributed by atoms with Gasteiger partial charge >= 0.3 is 0 Å². The molecule has 7 heteroatoms. The lowest BCUT2D eigenvalue weighted by Crippen LogP contribution is -2.33. The average Bonchev–Trinajstić information content (AvgIpc) is 3.32. The summed E-state index contributed by atoms with van der Waals surface area (Å²) >= 11 is 0. The van der Waals surface area contributed by atoms with Gasteiger partial charge < -0.3 is 23.9 Å². The molecule has 3 heterocycles. The van der Waals surface area contributed by atoms with E-state index in [0.29, 0.717) is 25.4 Å². The largest absolute Gasteiger partial charge is 0.497 e. The van der Waals surface area contributed by atoms with Gasteiger partial charge in [-0.1, -0.05) is 12.1 Å². The third-order valence-electron chi connectivity index (χ3n) is 6.73. The van der Waals surface area contributed by atoms with Crippen LogP contribution in [0.25, 0.3) is 33.1 Å².